The molecule has 35 heavy (non-hydrogen) atoms. The molecule has 190 valence electrons. The van der Waals surface area contributed by atoms with E-state index < -0.39 is 33.8 Å². The summed E-state index contributed by atoms with van der Waals surface area (Å²) in [4.78, 5) is 44.3. The van der Waals surface area contributed by atoms with E-state index in [1.165, 1.54) is 23.6 Å². The van der Waals surface area contributed by atoms with E-state index in [2.05, 4.69) is 15.6 Å². The second-order valence-corrected chi connectivity index (χ2v) is 13.1. The molecule has 0 aromatic carbocycles. The molecule has 0 spiro atoms. The van der Waals surface area contributed by atoms with Crippen molar-refractivity contribution >= 4 is 39.0 Å². The van der Waals surface area contributed by atoms with E-state index in [4.69, 9.17) is 0 Å². The van der Waals surface area contributed by atoms with Gasteiger partial charge in [-0.1, -0.05) is 26.8 Å². The molecule has 11 heteroatoms. The normalized spacial score (nSPS) is 18.5. The Hall–Kier alpha value is -2.63. The van der Waals surface area contributed by atoms with Crippen molar-refractivity contribution in [2.75, 3.05) is 13.1 Å². The number of rotatable bonds is 7. The number of carbonyl (C=O) groups excluding carboxylic acids is 3. The Kier molecular flexibility index (Phi) is 8.45. The summed E-state index contributed by atoms with van der Waals surface area (Å²) >= 11 is 1.34. The molecule has 1 aliphatic heterocycles. The molecule has 9 nitrogen and oxygen atoms in total. The lowest BCUT2D eigenvalue weighted by Gasteiger charge is -2.27. The minimum absolute atomic E-state index is 0.118. The smallest absolute Gasteiger partial charge is 0.262 e. The Balaban J connectivity index is 1.71. The van der Waals surface area contributed by atoms with Gasteiger partial charge in [-0.2, -0.15) is 4.31 Å². The van der Waals surface area contributed by atoms with E-state index >= 15 is 0 Å². The number of aromatic nitrogens is 1. The molecule has 0 radical (unpaired) electrons. The summed E-state index contributed by atoms with van der Waals surface area (Å²) in [6.45, 7) is 7.59. The van der Waals surface area contributed by atoms with Crippen LogP contribution in [0.25, 0.3) is 0 Å². The van der Waals surface area contributed by atoms with Gasteiger partial charge in [-0.15, -0.1) is 11.3 Å². The fourth-order valence-corrected chi connectivity index (χ4v) is 6.01. The monoisotopic (exact) mass is 520 g/mol. The van der Waals surface area contributed by atoms with Gasteiger partial charge in [0.1, 0.15) is 6.04 Å². The van der Waals surface area contributed by atoms with Crippen molar-refractivity contribution in [3.05, 3.63) is 46.3 Å². The van der Waals surface area contributed by atoms with Crippen molar-refractivity contribution in [3.63, 3.8) is 0 Å². The second-order valence-electron chi connectivity index (χ2n) is 9.88. The van der Waals surface area contributed by atoms with Gasteiger partial charge in [0.05, 0.1) is 17.5 Å². The molecule has 1 unspecified atom stereocenters. The Morgan fingerprint density at radius 1 is 1.23 bits per heavy atom. The lowest BCUT2D eigenvalue weighted by atomic mass is 9.87. The number of nitrogens with zero attached hydrogens (tertiary/aromatic N) is 2. The summed E-state index contributed by atoms with van der Waals surface area (Å²) in [6.07, 6.45) is 2.46. The van der Waals surface area contributed by atoms with E-state index in [0.717, 1.165) is 9.18 Å². The number of carbonyl (C=O) groups is 3. The van der Waals surface area contributed by atoms with Crippen LogP contribution in [0.4, 0.5) is 0 Å². The first-order valence-corrected chi connectivity index (χ1v) is 13.7. The minimum atomic E-state index is -3.92. The van der Waals surface area contributed by atoms with Crippen LogP contribution in [-0.2, 0) is 19.6 Å². The summed E-state index contributed by atoms with van der Waals surface area (Å²) in [5.41, 5.74) is -0.262. The molecule has 0 bridgehead atoms. The molecule has 0 saturated carbocycles. The predicted molar refractivity (Wildman–Crippen MR) is 134 cm³/mol. The summed E-state index contributed by atoms with van der Waals surface area (Å²) in [5.74, 6) is -1.20. The summed E-state index contributed by atoms with van der Waals surface area (Å²) in [6, 6.07) is 6.46. The van der Waals surface area contributed by atoms with Crippen LogP contribution in [0.1, 0.15) is 54.6 Å². The molecule has 1 fully saturated rings. The van der Waals surface area contributed by atoms with Crippen LogP contribution in [0.3, 0.4) is 0 Å². The maximum absolute atomic E-state index is 13.2. The molecular formula is C24H32N4O5S2. The SMILES string of the molecule is Cc1ccc(C(=O)N[C@@H](CC(C)(C)C)C(=O)NC2CCCN(S(=O)(=O)c3ccccn3)CC2=O)s1. The van der Waals surface area contributed by atoms with Crippen molar-refractivity contribution in [2.24, 2.45) is 5.41 Å². The molecule has 1 saturated heterocycles. The minimum Gasteiger partial charge on any atom is -0.344 e. The van der Waals surface area contributed by atoms with Gasteiger partial charge in [-0.25, -0.2) is 13.4 Å². The lowest BCUT2D eigenvalue weighted by Crippen LogP contribution is -2.53. The van der Waals surface area contributed by atoms with Crippen LogP contribution in [0.2, 0.25) is 0 Å². The maximum Gasteiger partial charge on any atom is 0.262 e. The van der Waals surface area contributed by atoms with Crippen molar-refractivity contribution in [3.8, 4) is 0 Å². The summed E-state index contributed by atoms with van der Waals surface area (Å²) in [5, 5.41) is 5.46. The zero-order chi connectivity index (χ0) is 25.8. The van der Waals surface area contributed by atoms with Gasteiger partial charge in [-0.05, 0) is 55.9 Å². The fourth-order valence-electron chi connectivity index (χ4n) is 3.87. The molecule has 2 aromatic heterocycles. The number of thiophene rings is 1. The van der Waals surface area contributed by atoms with Gasteiger partial charge in [0.2, 0.25) is 5.91 Å². The number of hydrogen-bond acceptors (Lipinski definition) is 7. The molecule has 2 atom stereocenters. The second kappa shape index (κ2) is 11.0. The van der Waals surface area contributed by atoms with Crippen LogP contribution in [0.15, 0.2) is 41.6 Å². The maximum atomic E-state index is 13.2. The van der Waals surface area contributed by atoms with Gasteiger partial charge in [0, 0.05) is 17.6 Å². The number of amides is 2. The third-order valence-corrected chi connectivity index (χ3v) is 8.34. The number of sulfonamides is 1. The average Bonchev–Trinajstić information content (AvgIpc) is 3.14. The zero-order valence-electron chi connectivity index (χ0n) is 20.4. The first kappa shape index (κ1) is 27.0. The van der Waals surface area contributed by atoms with E-state index in [0.29, 0.717) is 24.1 Å². The van der Waals surface area contributed by atoms with E-state index in [-0.39, 0.29) is 29.4 Å². The van der Waals surface area contributed by atoms with Crippen molar-refractivity contribution in [2.45, 2.75) is 64.1 Å². The highest BCUT2D eigenvalue weighted by Gasteiger charge is 2.35. The highest BCUT2D eigenvalue weighted by molar-refractivity contribution is 7.89. The molecule has 2 amide bonds. The van der Waals surface area contributed by atoms with Crippen LogP contribution in [0.5, 0.6) is 0 Å². The van der Waals surface area contributed by atoms with Crippen molar-refractivity contribution in [1.82, 2.24) is 19.9 Å². The first-order valence-electron chi connectivity index (χ1n) is 11.5. The van der Waals surface area contributed by atoms with Gasteiger partial charge in [-0.3, -0.25) is 14.4 Å². The summed E-state index contributed by atoms with van der Waals surface area (Å²) in [7, 11) is -3.92. The number of pyridine rings is 1. The standard InChI is InChI=1S/C24H32N4O5S2/c1-16-10-11-20(34-16)23(31)27-18(14-24(2,3)4)22(30)26-17-8-7-13-28(15-19(17)29)35(32,33)21-9-5-6-12-25-21/h5-6,9-12,17-18H,7-8,13-15H2,1-4H3,(H,26,30)(H,27,31)/t17?,18-/m0/s1. The van der Waals surface area contributed by atoms with Crippen molar-refractivity contribution in [1.29, 1.82) is 0 Å². The Labute approximate surface area is 210 Å². The van der Waals surface area contributed by atoms with E-state index in [9.17, 15) is 22.8 Å². The quantitative estimate of drug-likeness (QED) is 0.578. The largest absolute Gasteiger partial charge is 0.344 e. The van der Waals surface area contributed by atoms with Gasteiger partial charge in [0.15, 0.2) is 10.8 Å². The number of aryl methyl sites for hydroxylation is 1. The lowest BCUT2D eigenvalue weighted by molar-refractivity contribution is -0.129. The van der Waals surface area contributed by atoms with Crippen LogP contribution in [0, 0.1) is 12.3 Å². The van der Waals surface area contributed by atoms with Gasteiger partial charge >= 0.3 is 0 Å². The molecule has 1 aliphatic rings. The van der Waals surface area contributed by atoms with Gasteiger partial charge in [0.25, 0.3) is 15.9 Å². The van der Waals surface area contributed by atoms with Crippen LogP contribution < -0.4 is 10.6 Å². The van der Waals surface area contributed by atoms with Crippen LogP contribution in [-0.4, -0.2) is 60.5 Å². The highest BCUT2D eigenvalue weighted by Crippen LogP contribution is 2.23. The average molecular weight is 521 g/mol. The van der Waals surface area contributed by atoms with Crippen LogP contribution >= 0.6 is 11.3 Å². The molecular weight excluding hydrogens is 488 g/mol. The first-order chi connectivity index (χ1) is 16.4. The summed E-state index contributed by atoms with van der Waals surface area (Å²) < 4.78 is 26.9. The molecule has 3 heterocycles. The fraction of sp³-hybridized carbons (Fsp3) is 0.500. The number of ketones is 1. The Bertz CT molecular complexity index is 1170. The molecule has 3 rings (SSSR count). The third-order valence-electron chi connectivity index (χ3n) is 5.58. The topological polar surface area (TPSA) is 126 Å². The molecule has 0 aliphatic carbocycles. The molecule has 2 aromatic rings. The predicted octanol–water partition coefficient (Wildman–Crippen LogP) is 2.52. The van der Waals surface area contributed by atoms with E-state index in [1.807, 2.05) is 33.8 Å². The Morgan fingerprint density at radius 3 is 2.57 bits per heavy atom. The molecule has 2 N–H and O–H groups in total. The highest BCUT2D eigenvalue weighted by atomic mass is 32.2. The van der Waals surface area contributed by atoms with E-state index in [1.54, 1.807) is 18.2 Å². The van der Waals surface area contributed by atoms with Gasteiger partial charge < -0.3 is 10.6 Å². The zero-order valence-corrected chi connectivity index (χ0v) is 22.0. The number of Topliss-reactive ketones (excluding diaryl/α,β-unsaturated/α-hetero) is 1. The Morgan fingerprint density at radius 2 is 1.97 bits per heavy atom. The van der Waals surface area contributed by atoms with Crippen molar-refractivity contribution < 1.29 is 22.8 Å². The third kappa shape index (κ3) is 7.18. The number of nitrogens with one attached hydrogen (secondary N) is 2. The number of hydrogen-bond donors (Lipinski definition) is 2.